The monoisotopic (exact) mass is 325 g/mol. The fourth-order valence-corrected chi connectivity index (χ4v) is 3.25. The zero-order valence-electron chi connectivity index (χ0n) is 13.5. The Kier molecular flexibility index (Phi) is 3.72. The molecule has 24 heavy (non-hydrogen) atoms. The first kappa shape index (κ1) is 14.8. The van der Waals surface area contributed by atoms with Crippen molar-refractivity contribution in [2.45, 2.75) is 26.3 Å². The highest BCUT2D eigenvalue weighted by Crippen LogP contribution is 2.26. The van der Waals surface area contributed by atoms with Crippen LogP contribution in [0.1, 0.15) is 18.5 Å². The van der Waals surface area contributed by atoms with E-state index in [0.29, 0.717) is 18.1 Å². The third-order valence-electron chi connectivity index (χ3n) is 4.55. The number of nitrogens with one attached hydrogen (secondary N) is 1. The number of aryl methyl sites for hydroxylation is 1. The number of aromatic amines is 1. The summed E-state index contributed by atoms with van der Waals surface area (Å²) in [6.45, 7) is 4.38. The number of nitrogens with zero attached hydrogens (tertiary/aromatic N) is 6. The minimum atomic E-state index is -0.0296. The van der Waals surface area contributed by atoms with E-state index in [2.05, 4.69) is 29.9 Å². The molecule has 0 saturated carbocycles. The Hall–Kier alpha value is -2.77. The Morgan fingerprint density at radius 3 is 2.88 bits per heavy atom. The predicted octanol–water partition coefficient (Wildman–Crippen LogP) is 1.13. The Labute approximate surface area is 138 Å². The molecule has 0 amide bonds. The lowest BCUT2D eigenvalue weighted by Gasteiger charge is -2.32. The van der Waals surface area contributed by atoms with Gasteiger partial charge in [0.05, 0.1) is 12.0 Å². The smallest absolute Gasteiger partial charge is 0.266 e. The number of aromatic nitrogens is 6. The van der Waals surface area contributed by atoms with Gasteiger partial charge in [0.25, 0.3) is 5.56 Å². The van der Waals surface area contributed by atoms with Crippen LogP contribution in [0.15, 0.2) is 29.6 Å². The summed E-state index contributed by atoms with van der Waals surface area (Å²) in [5, 5.41) is 4.33. The summed E-state index contributed by atoms with van der Waals surface area (Å²) in [5.74, 6) is 1.36. The summed E-state index contributed by atoms with van der Waals surface area (Å²) in [4.78, 5) is 30.0. The Balaban J connectivity index is 1.46. The first-order valence-corrected chi connectivity index (χ1v) is 8.14. The number of piperidine rings is 1. The maximum absolute atomic E-state index is 11.9. The van der Waals surface area contributed by atoms with Gasteiger partial charge in [0, 0.05) is 25.7 Å². The number of hydrogen-bond acceptors (Lipinski definition) is 6. The quantitative estimate of drug-likeness (QED) is 0.776. The predicted molar refractivity (Wildman–Crippen MR) is 89.9 cm³/mol. The molecule has 1 aliphatic heterocycles. The van der Waals surface area contributed by atoms with Crippen LogP contribution < -0.4 is 10.5 Å². The number of hydrogen-bond donors (Lipinski definition) is 1. The maximum Gasteiger partial charge on any atom is 0.266 e. The molecule has 0 aromatic carbocycles. The van der Waals surface area contributed by atoms with Crippen molar-refractivity contribution in [3.63, 3.8) is 0 Å². The molecule has 3 aromatic rings. The molecule has 0 spiro atoms. The van der Waals surface area contributed by atoms with E-state index in [9.17, 15) is 4.79 Å². The lowest BCUT2D eigenvalue weighted by atomic mass is 9.97. The standard InChI is InChI=1S/C16H19N7O/c1-11-2-3-13(24)23(21-11)8-12-4-6-22(7-5-12)16-14-15(18-9-17-14)19-10-20-16/h2-3,9-10,12H,4-8H2,1H3,(H,17,18,19,20). The van der Waals surface area contributed by atoms with E-state index in [1.54, 1.807) is 29.5 Å². The van der Waals surface area contributed by atoms with Gasteiger partial charge >= 0.3 is 0 Å². The summed E-state index contributed by atoms with van der Waals surface area (Å²) in [7, 11) is 0. The van der Waals surface area contributed by atoms with Crippen LogP contribution in [0.5, 0.6) is 0 Å². The van der Waals surface area contributed by atoms with Crippen LogP contribution in [0.3, 0.4) is 0 Å². The van der Waals surface area contributed by atoms with Crippen LogP contribution in [0.4, 0.5) is 5.82 Å². The lowest BCUT2D eigenvalue weighted by molar-refractivity contribution is 0.333. The molecule has 0 atom stereocenters. The summed E-state index contributed by atoms with van der Waals surface area (Å²) in [6, 6.07) is 3.35. The van der Waals surface area contributed by atoms with Gasteiger partial charge in [-0.1, -0.05) is 0 Å². The van der Waals surface area contributed by atoms with E-state index in [4.69, 9.17) is 0 Å². The van der Waals surface area contributed by atoms with Gasteiger partial charge < -0.3 is 9.88 Å². The highest BCUT2D eigenvalue weighted by atomic mass is 16.1. The third kappa shape index (κ3) is 2.75. The first-order chi connectivity index (χ1) is 11.7. The van der Waals surface area contributed by atoms with Gasteiger partial charge in [-0.2, -0.15) is 5.10 Å². The van der Waals surface area contributed by atoms with Crippen molar-refractivity contribution in [1.29, 1.82) is 0 Å². The second-order valence-corrected chi connectivity index (χ2v) is 6.22. The molecule has 0 aliphatic carbocycles. The van der Waals surface area contributed by atoms with Gasteiger partial charge in [-0.05, 0) is 31.7 Å². The number of fused-ring (bicyclic) bond motifs is 1. The molecule has 1 fully saturated rings. The molecule has 1 aliphatic rings. The second-order valence-electron chi connectivity index (χ2n) is 6.22. The van der Waals surface area contributed by atoms with Crippen molar-refractivity contribution < 1.29 is 0 Å². The van der Waals surface area contributed by atoms with E-state index in [-0.39, 0.29) is 5.56 Å². The van der Waals surface area contributed by atoms with Crippen molar-refractivity contribution in [3.8, 4) is 0 Å². The highest BCUT2D eigenvalue weighted by molar-refractivity contribution is 5.82. The summed E-state index contributed by atoms with van der Waals surface area (Å²) >= 11 is 0. The fraction of sp³-hybridized carbons (Fsp3) is 0.438. The Morgan fingerprint density at radius 1 is 1.21 bits per heavy atom. The van der Waals surface area contributed by atoms with Crippen molar-refractivity contribution >= 4 is 17.0 Å². The molecule has 0 radical (unpaired) electrons. The molecule has 8 heteroatoms. The zero-order chi connectivity index (χ0) is 16.5. The van der Waals surface area contributed by atoms with Crippen molar-refractivity contribution in [2.24, 2.45) is 5.92 Å². The lowest BCUT2D eigenvalue weighted by Crippen LogP contribution is -2.37. The molecule has 3 aromatic heterocycles. The van der Waals surface area contributed by atoms with E-state index < -0.39 is 0 Å². The van der Waals surface area contributed by atoms with Crippen LogP contribution in [-0.4, -0.2) is 42.8 Å². The van der Waals surface area contributed by atoms with Crippen LogP contribution in [0, 0.1) is 12.8 Å². The van der Waals surface area contributed by atoms with Gasteiger partial charge in [-0.15, -0.1) is 0 Å². The zero-order valence-corrected chi connectivity index (χ0v) is 13.5. The summed E-state index contributed by atoms with van der Waals surface area (Å²) in [5.41, 5.74) is 2.41. The van der Waals surface area contributed by atoms with Gasteiger partial charge in [0.2, 0.25) is 0 Å². The molecule has 4 heterocycles. The topological polar surface area (TPSA) is 92.6 Å². The molecular weight excluding hydrogens is 306 g/mol. The van der Waals surface area contributed by atoms with Crippen LogP contribution >= 0.6 is 0 Å². The van der Waals surface area contributed by atoms with Crippen molar-refractivity contribution in [2.75, 3.05) is 18.0 Å². The maximum atomic E-state index is 11.9. The van der Waals surface area contributed by atoms with Crippen LogP contribution in [0.2, 0.25) is 0 Å². The van der Waals surface area contributed by atoms with Crippen molar-refractivity contribution in [1.82, 2.24) is 29.7 Å². The fourth-order valence-electron chi connectivity index (χ4n) is 3.25. The normalized spacial score (nSPS) is 16.0. The minimum absolute atomic E-state index is 0.0296. The molecule has 1 saturated heterocycles. The molecule has 1 N–H and O–H groups in total. The second kappa shape index (κ2) is 6.03. The van der Waals surface area contributed by atoms with Crippen LogP contribution in [-0.2, 0) is 6.54 Å². The molecule has 8 nitrogen and oxygen atoms in total. The number of imidazole rings is 1. The van der Waals surface area contributed by atoms with Crippen molar-refractivity contribution in [3.05, 3.63) is 40.8 Å². The van der Waals surface area contributed by atoms with Gasteiger partial charge in [0.1, 0.15) is 11.8 Å². The number of anilines is 1. The SMILES string of the molecule is Cc1ccc(=O)n(CC2CCN(c3ncnc4nc[nH]c34)CC2)n1. The minimum Gasteiger partial charge on any atom is -0.355 e. The average molecular weight is 325 g/mol. The molecule has 4 rings (SSSR count). The molecule has 124 valence electrons. The van der Waals surface area contributed by atoms with Gasteiger partial charge in [-0.3, -0.25) is 4.79 Å². The van der Waals surface area contributed by atoms with E-state index in [1.165, 1.54) is 0 Å². The number of H-pyrrole nitrogens is 1. The molecular formula is C16H19N7O. The van der Waals surface area contributed by atoms with E-state index >= 15 is 0 Å². The first-order valence-electron chi connectivity index (χ1n) is 8.14. The largest absolute Gasteiger partial charge is 0.355 e. The Morgan fingerprint density at radius 2 is 2.04 bits per heavy atom. The van der Waals surface area contributed by atoms with E-state index in [1.807, 2.05) is 6.92 Å². The average Bonchev–Trinajstić information content (AvgIpc) is 3.08. The van der Waals surface area contributed by atoms with E-state index in [0.717, 1.165) is 43.0 Å². The molecule has 0 bridgehead atoms. The number of rotatable bonds is 3. The highest BCUT2D eigenvalue weighted by Gasteiger charge is 2.23. The third-order valence-corrected chi connectivity index (χ3v) is 4.55. The molecule has 0 unspecified atom stereocenters. The summed E-state index contributed by atoms with van der Waals surface area (Å²) in [6.07, 6.45) is 5.20. The van der Waals surface area contributed by atoms with Gasteiger partial charge in [0.15, 0.2) is 11.5 Å². The van der Waals surface area contributed by atoms with Crippen LogP contribution in [0.25, 0.3) is 11.2 Å². The summed E-state index contributed by atoms with van der Waals surface area (Å²) < 4.78 is 1.59. The Bertz CT molecular complexity index is 908. The van der Waals surface area contributed by atoms with Gasteiger partial charge in [-0.25, -0.2) is 19.6 Å².